The van der Waals surface area contributed by atoms with Crippen LogP contribution in [0.25, 0.3) is 0 Å². The van der Waals surface area contributed by atoms with Crippen molar-refractivity contribution in [2.24, 2.45) is 7.05 Å². The Morgan fingerprint density at radius 1 is 1.40 bits per heavy atom. The Morgan fingerprint density at radius 2 is 2.05 bits per heavy atom. The number of hydrogen-bond donors (Lipinski definition) is 1. The third kappa shape index (κ3) is 3.50. The first kappa shape index (κ1) is 14.8. The molecule has 2 heterocycles. The van der Waals surface area contributed by atoms with Gasteiger partial charge in [-0.1, -0.05) is 0 Å². The number of halogens is 3. The van der Waals surface area contributed by atoms with Crippen molar-refractivity contribution in [3.8, 4) is 0 Å². The van der Waals surface area contributed by atoms with E-state index in [1.807, 2.05) is 0 Å². The lowest BCUT2D eigenvalue weighted by molar-refractivity contribution is -0.141. The highest BCUT2D eigenvalue weighted by Crippen LogP contribution is 2.30. The largest absolute Gasteiger partial charge is 0.435 e. The lowest BCUT2D eigenvalue weighted by Gasteiger charge is -2.14. The van der Waals surface area contributed by atoms with Gasteiger partial charge in [-0.25, -0.2) is 0 Å². The molecule has 0 atom stereocenters. The highest BCUT2D eigenvalue weighted by molar-refractivity contribution is 5.95. The Bertz CT molecular complexity index is 478. The van der Waals surface area contributed by atoms with Crippen LogP contribution in [0.15, 0.2) is 6.20 Å². The third-order valence-electron chi connectivity index (χ3n) is 3.25. The van der Waals surface area contributed by atoms with Crippen LogP contribution < -0.4 is 5.32 Å². The molecule has 1 aliphatic heterocycles. The minimum atomic E-state index is -4.62. The van der Waals surface area contributed by atoms with Crippen LogP contribution in [0.1, 0.15) is 28.9 Å². The van der Waals surface area contributed by atoms with Crippen LogP contribution in [0.5, 0.6) is 0 Å². The first-order valence-corrected chi connectivity index (χ1v) is 6.49. The van der Waals surface area contributed by atoms with Crippen LogP contribution in [0, 0.1) is 0 Å². The van der Waals surface area contributed by atoms with Crippen molar-refractivity contribution in [2.75, 3.05) is 26.2 Å². The van der Waals surface area contributed by atoms with Crippen LogP contribution in [0.2, 0.25) is 0 Å². The van der Waals surface area contributed by atoms with Gasteiger partial charge in [0.05, 0.1) is 5.56 Å². The number of nitrogens with one attached hydrogen (secondary N) is 1. The second-order valence-corrected chi connectivity index (χ2v) is 4.87. The molecule has 0 spiro atoms. The van der Waals surface area contributed by atoms with Crippen molar-refractivity contribution >= 4 is 5.91 Å². The number of alkyl halides is 3. The van der Waals surface area contributed by atoms with E-state index in [4.69, 9.17) is 0 Å². The first-order chi connectivity index (χ1) is 9.38. The van der Waals surface area contributed by atoms with Gasteiger partial charge in [-0.2, -0.15) is 18.3 Å². The molecule has 112 valence electrons. The number of aryl methyl sites for hydroxylation is 1. The molecule has 1 N–H and O–H groups in total. The molecule has 1 amide bonds. The maximum atomic E-state index is 12.7. The van der Waals surface area contributed by atoms with Crippen molar-refractivity contribution < 1.29 is 18.0 Å². The molecular formula is C12H17F3N4O. The van der Waals surface area contributed by atoms with E-state index in [0.717, 1.165) is 36.8 Å². The molecule has 0 radical (unpaired) electrons. The van der Waals surface area contributed by atoms with Crippen LogP contribution >= 0.6 is 0 Å². The van der Waals surface area contributed by atoms with Crippen LogP contribution in [0.3, 0.4) is 0 Å². The Balaban J connectivity index is 1.95. The summed E-state index contributed by atoms with van der Waals surface area (Å²) in [5.74, 6) is -0.732. The summed E-state index contributed by atoms with van der Waals surface area (Å²) in [6.45, 7) is 2.96. The second-order valence-electron chi connectivity index (χ2n) is 4.87. The van der Waals surface area contributed by atoms with Crippen molar-refractivity contribution in [1.29, 1.82) is 0 Å². The maximum Gasteiger partial charge on any atom is 0.435 e. The summed E-state index contributed by atoms with van der Waals surface area (Å²) in [4.78, 5) is 14.0. The summed E-state index contributed by atoms with van der Waals surface area (Å²) in [6.07, 6.45) is -1.26. The van der Waals surface area contributed by atoms with Crippen molar-refractivity contribution in [3.63, 3.8) is 0 Å². The molecule has 0 aromatic carbocycles. The van der Waals surface area contributed by atoms with Gasteiger partial charge in [-0.15, -0.1) is 0 Å². The molecule has 2 rings (SSSR count). The van der Waals surface area contributed by atoms with E-state index < -0.39 is 23.3 Å². The molecule has 1 aromatic rings. The molecule has 1 aromatic heterocycles. The fourth-order valence-corrected chi connectivity index (χ4v) is 2.29. The smallest absolute Gasteiger partial charge is 0.351 e. The molecule has 0 saturated carbocycles. The van der Waals surface area contributed by atoms with Gasteiger partial charge >= 0.3 is 6.18 Å². The van der Waals surface area contributed by atoms with Gasteiger partial charge in [-0.05, 0) is 25.9 Å². The van der Waals surface area contributed by atoms with Gasteiger partial charge in [0.15, 0.2) is 5.69 Å². The van der Waals surface area contributed by atoms with E-state index in [1.165, 1.54) is 7.05 Å². The van der Waals surface area contributed by atoms with Crippen molar-refractivity contribution in [3.05, 3.63) is 17.5 Å². The molecule has 0 bridgehead atoms. The highest BCUT2D eigenvalue weighted by Gasteiger charge is 2.38. The molecule has 5 nitrogen and oxygen atoms in total. The van der Waals surface area contributed by atoms with E-state index in [2.05, 4.69) is 15.3 Å². The van der Waals surface area contributed by atoms with Gasteiger partial charge in [0.25, 0.3) is 5.91 Å². The Hall–Kier alpha value is -1.57. The quantitative estimate of drug-likeness (QED) is 0.908. The Kier molecular flexibility index (Phi) is 4.32. The fraction of sp³-hybridized carbons (Fsp3) is 0.667. The molecular weight excluding hydrogens is 273 g/mol. The predicted octanol–water partition coefficient (Wildman–Crippen LogP) is 1.26. The predicted molar refractivity (Wildman–Crippen MR) is 66.2 cm³/mol. The molecule has 1 saturated heterocycles. The van der Waals surface area contributed by atoms with Crippen LogP contribution in [0.4, 0.5) is 13.2 Å². The number of rotatable bonds is 4. The molecule has 0 aliphatic carbocycles. The summed E-state index contributed by atoms with van der Waals surface area (Å²) < 4.78 is 39.2. The minimum absolute atomic E-state index is 0.338. The normalized spacial score (nSPS) is 16.6. The Morgan fingerprint density at radius 3 is 2.65 bits per heavy atom. The average molecular weight is 290 g/mol. The number of hydrogen-bond acceptors (Lipinski definition) is 3. The SMILES string of the molecule is Cn1cc(C(=O)NCCN2CCCC2)c(C(F)(F)F)n1. The van der Waals surface area contributed by atoms with E-state index >= 15 is 0 Å². The minimum Gasteiger partial charge on any atom is -0.351 e. The van der Waals surface area contributed by atoms with Gasteiger partial charge < -0.3 is 10.2 Å². The van der Waals surface area contributed by atoms with Gasteiger partial charge in [-0.3, -0.25) is 9.48 Å². The molecule has 1 fully saturated rings. The third-order valence-corrected chi connectivity index (χ3v) is 3.25. The lowest BCUT2D eigenvalue weighted by Crippen LogP contribution is -2.34. The fourth-order valence-electron chi connectivity index (χ4n) is 2.29. The number of aromatic nitrogens is 2. The number of carbonyl (C=O) groups is 1. The van der Waals surface area contributed by atoms with Crippen LogP contribution in [-0.4, -0.2) is 46.8 Å². The van der Waals surface area contributed by atoms with E-state index in [0.29, 0.717) is 13.1 Å². The number of amides is 1. The van der Waals surface area contributed by atoms with Crippen molar-refractivity contribution in [1.82, 2.24) is 20.0 Å². The second kappa shape index (κ2) is 5.82. The highest BCUT2D eigenvalue weighted by atomic mass is 19.4. The van der Waals surface area contributed by atoms with E-state index in [9.17, 15) is 18.0 Å². The zero-order valence-corrected chi connectivity index (χ0v) is 11.2. The topological polar surface area (TPSA) is 50.2 Å². The first-order valence-electron chi connectivity index (χ1n) is 6.49. The monoisotopic (exact) mass is 290 g/mol. The Labute approximate surface area is 114 Å². The maximum absolute atomic E-state index is 12.7. The summed E-state index contributed by atoms with van der Waals surface area (Å²) >= 11 is 0. The van der Waals surface area contributed by atoms with Crippen molar-refractivity contribution in [2.45, 2.75) is 19.0 Å². The van der Waals surface area contributed by atoms with Gasteiger partial charge in [0.1, 0.15) is 0 Å². The summed E-state index contributed by atoms with van der Waals surface area (Å²) in [5.41, 5.74) is -1.57. The zero-order chi connectivity index (χ0) is 14.8. The molecule has 8 heteroatoms. The van der Waals surface area contributed by atoms with E-state index in [-0.39, 0.29) is 0 Å². The number of carbonyl (C=O) groups excluding carboxylic acids is 1. The lowest BCUT2D eigenvalue weighted by atomic mass is 10.2. The summed E-state index contributed by atoms with van der Waals surface area (Å²) in [6, 6.07) is 0. The number of nitrogens with zero attached hydrogens (tertiary/aromatic N) is 3. The molecule has 20 heavy (non-hydrogen) atoms. The summed E-state index contributed by atoms with van der Waals surface area (Å²) in [7, 11) is 1.36. The van der Waals surface area contributed by atoms with Gasteiger partial charge in [0.2, 0.25) is 0 Å². The van der Waals surface area contributed by atoms with Crippen LogP contribution in [-0.2, 0) is 13.2 Å². The van der Waals surface area contributed by atoms with E-state index in [1.54, 1.807) is 0 Å². The molecule has 0 unspecified atom stereocenters. The zero-order valence-electron chi connectivity index (χ0n) is 11.2. The average Bonchev–Trinajstić information content (AvgIpc) is 2.97. The molecule has 1 aliphatic rings. The van der Waals surface area contributed by atoms with Gasteiger partial charge in [0, 0.05) is 26.3 Å². The standard InChI is InChI=1S/C12H17F3N4O/c1-18-8-9(10(17-18)12(13,14)15)11(20)16-4-7-19-5-2-3-6-19/h8H,2-7H2,1H3,(H,16,20). The number of likely N-dealkylation sites (tertiary alicyclic amines) is 1. The summed E-state index contributed by atoms with van der Waals surface area (Å²) in [5, 5.41) is 5.83.